The van der Waals surface area contributed by atoms with Crippen LogP contribution in [0.3, 0.4) is 0 Å². The van der Waals surface area contributed by atoms with Crippen LogP contribution in [0.1, 0.15) is 36.6 Å². The number of hydrogen-bond acceptors (Lipinski definition) is 2. The van der Waals surface area contributed by atoms with Crippen molar-refractivity contribution in [1.82, 2.24) is 0 Å². The summed E-state index contributed by atoms with van der Waals surface area (Å²) in [6.07, 6.45) is 0. The highest BCUT2D eigenvalue weighted by Crippen LogP contribution is 2.36. The summed E-state index contributed by atoms with van der Waals surface area (Å²) in [6.45, 7) is 8.82. The van der Waals surface area contributed by atoms with Crippen molar-refractivity contribution in [2.24, 2.45) is 11.7 Å². The number of nitrogens with two attached hydrogens (primary N) is 1. The van der Waals surface area contributed by atoms with Gasteiger partial charge in [0.05, 0.1) is 0 Å². The summed E-state index contributed by atoms with van der Waals surface area (Å²) in [7, 11) is 0. The minimum atomic E-state index is 0.0535. The average molecular weight is 299 g/mol. The molecule has 2 rings (SSSR count). The van der Waals surface area contributed by atoms with Crippen molar-refractivity contribution < 1.29 is 0 Å². The van der Waals surface area contributed by atoms with Gasteiger partial charge in [-0.2, -0.15) is 0 Å². The monoisotopic (exact) mass is 299 g/mol. The highest BCUT2D eigenvalue weighted by atomic mass is 32.2. The van der Waals surface area contributed by atoms with Gasteiger partial charge in [0.2, 0.25) is 0 Å². The number of aryl methyl sites for hydroxylation is 2. The molecular formula is C19H25NS. The van der Waals surface area contributed by atoms with E-state index in [0.29, 0.717) is 11.2 Å². The van der Waals surface area contributed by atoms with Crippen molar-refractivity contribution in [2.45, 2.75) is 43.9 Å². The summed E-state index contributed by atoms with van der Waals surface area (Å²) in [6, 6.07) is 17.1. The highest BCUT2D eigenvalue weighted by Gasteiger charge is 2.24. The van der Waals surface area contributed by atoms with Crippen molar-refractivity contribution >= 4 is 11.8 Å². The summed E-state index contributed by atoms with van der Waals surface area (Å²) in [5, 5.41) is 0.370. The first-order valence-electron chi connectivity index (χ1n) is 7.53. The Balaban J connectivity index is 2.21. The molecule has 0 saturated heterocycles. The van der Waals surface area contributed by atoms with Crippen LogP contribution in [0, 0.1) is 19.8 Å². The van der Waals surface area contributed by atoms with Crippen LogP contribution in [0.5, 0.6) is 0 Å². The summed E-state index contributed by atoms with van der Waals surface area (Å²) in [4.78, 5) is 1.31. The van der Waals surface area contributed by atoms with Gasteiger partial charge in [-0.3, -0.25) is 0 Å². The lowest BCUT2D eigenvalue weighted by atomic mass is 9.97. The SMILES string of the molecule is Cc1ccc(SC(C(C)C)C(N)c2ccccc2)cc1C. The largest absolute Gasteiger partial charge is 0.323 e. The summed E-state index contributed by atoms with van der Waals surface area (Å²) < 4.78 is 0. The molecule has 2 atom stereocenters. The molecule has 0 aliphatic carbocycles. The third kappa shape index (κ3) is 4.12. The lowest BCUT2D eigenvalue weighted by Gasteiger charge is -2.27. The zero-order valence-corrected chi connectivity index (χ0v) is 14.2. The van der Waals surface area contributed by atoms with E-state index in [4.69, 9.17) is 5.73 Å². The molecule has 0 spiro atoms. The molecule has 0 fully saturated rings. The van der Waals surface area contributed by atoms with Gasteiger partial charge in [0, 0.05) is 16.2 Å². The van der Waals surface area contributed by atoms with Crippen LogP contribution in [0.2, 0.25) is 0 Å². The second-order valence-corrected chi connectivity index (χ2v) is 7.26. The summed E-state index contributed by atoms with van der Waals surface area (Å²) in [5.41, 5.74) is 10.4. The van der Waals surface area contributed by atoms with Gasteiger partial charge in [-0.25, -0.2) is 0 Å². The number of rotatable bonds is 5. The van der Waals surface area contributed by atoms with Crippen LogP contribution in [-0.4, -0.2) is 5.25 Å². The van der Waals surface area contributed by atoms with Gasteiger partial charge in [-0.05, 0) is 48.6 Å². The Bertz CT molecular complexity index is 577. The lowest BCUT2D eigenvalue weighted by molar-refractivity contribution is 0.527. The normalized spacial score (nSPS) is 14.2. The van der Waals surface area contributed by atoms with Crippen LogP contribution in [-0.2, 0) is 0 Å². The van der Waals surface area contributed by atoms with E-state index in [1.54, 1.807) is 0 Å². The third-order valence-corrected chi connectivity index (χ3v) is 5.58. The molecule has 0 aliphatic heterocycles. The van der Waals surface area contributed by atoms with Crippen molar-refractivity contribution in [1.29, 1.82) is 0 Å². The van der Waals surface area contributed by atoms with Gasteiger partial charge < -0.3 is 5.73 Å². The van der Waals surface area contributed by atoms with Crippen molar-refractivity contribution in [2.75, 3.05) is 0 Å². The molecule has 0 amide bonds. The minimum Gasteiger partial charge on any atom is -0.323 e. The van der Waals surface area contributed by atoms with E-state index in [0.717, 1.165) is 0 Å². The third-order valence-electron chi connectivity index (χ3n) is 3.95. The quantitative estimate of drug-likeness (QED) is 0.775. The fourth-order valence-corrected chi connectivity index (χ4v) is 3.71. The van der Waals surface area contributed by atoms with E-state index < -0.39 is 0 Å². The van der Waals surface area contributed by atoms with Crippen LogP contribution >= 0.6 is 11.8 Å². The predicted octanol–water partition coefficient (Wildman–Crippen LogP) is 5.12. The number of thioether (sulfide) groups is 1. The highest BCUT2D eigenvalue weighted by molar-refractivity contribution is 8.00. The molecule has 2 heteroatoms. The van der Waals surface area contributed by atoms with Crippen LogP contribution in [0.25, 0.3) is 0 Å². The molecule has 2 aromatic rings. The van der Waals surface area contributed by atoms with Gasteiger partial charge in [0.1, 0.15) is 0 Å². The fourth-order valence-electron chi connectivity index (χ4n) is 2.43. The minimum absolute atomic E-state index is 0.0535. The molecule has 1 nitrogen and oxygen atoms in total. The summed E-state index contributed by atoms with van der Waals surface area (Å²) >= 11 is 1.90. The molecule has 0 heterocycles. The maximum absolute atomic E-state index is 6.54. The molecule has 0 bridgehead atoms. The Morgan fingerprint density at radius 2 is 1.57 bits per heavy atom. The average Bonchev–Trinajstić information content (AvgIpc) is 2.48. The Hall–Kier alpha value is -1.25. The van der Waals surface area contributed by atoms with Crippen LogP contribution < -0.4 is 5.73 Å². The predicted molar refractivity (Wildman–Crippen MR) is 93.8 cm³/mol. The molecule has 0 radical (unpaired) electrons. The zero-order chi connectivity index (χ0) is 15.4. The summed E-state index contributed by atoms with van der Waals surface area (Å²) in [5.74, 6) is 0.520. The number of hydrogen-bond donors (Lipinski definition) is 1. The Morgan fingerprint density at radius 3 is 2.14 bits per heavy atom. The standard InChI is InChI=1S/C19H25NS/c1-13(2)19(18(20)16-8-6-5-7-9-16)21-17-11-10-14(3)15(4)12-17/h5-13,18-19H,20H2,1-4H3. The van der Waals surface area contributed by atoms with Gasteiger partial charge in [0.15, 0.2) is 0 Å². The molecule has 0 saturated carbocycles. The molecule has 21 heavy (non-hydrogen) atoms. The van der Waals surface area contributed by atoms with Crippen LogP contribution in [0.15, 0.2) is 53.4 Å². The Morgan fingerprint density at radius 1 is 0.905 bits per heavy atom. The Labute approximate surface area is 133 Å². The second-order valence-electron chi connectivity index (χ2n) is 6.01. The van der Waals surface area contributed by atoms with Gasteiger partial charge in [0.25, 0.3) is 0 Å². The Kier molecular flexibility index (Phi) is 5.49. The van der Waals surface area contributed by atoms with E-state index in [1.807, 2.05) is 17.8 Å². The molecule has 2 N–H and O–H groups in total. The van der Waals surface area contributed by atoms with E-state index in [9.17, 15) is 0 Å². The molecule has 2 aromatic carbocycles. The second kappa shape index (κ2) is 7.15. The van der Waals surface area contributed by atoms with Gasteiger partial charge in [-0.1, -0.05) is 50.2 Å². The maximum atomic E-state index is 6.54. The topological polar surface area (TPSA) is 26.0 Å². The van der Waals surface area contributed by atoms with E-state index >= 15 is 0 Å². The first-order valence-corrected chi connectivity index (χ1v) is 8.41. The maximum Gasteiger partial charge on any atom is 0.0421 e. The molecule has 2 unspecified atom stereocenters. The van der Waals surface area contributed by atoms with Crippen molar-refractivity contribution in [3.8, 4) is 0 Å². The molecule has 0 aromatic heterocycles. The lowest BCUT2D eigenvalue weighted by Crippen LogP contribution is -2.28. The van der Waals surface area contributed by atoms with Crippen molar-refractivity contribution in [3.63, 3.8) is 0 Å². The van der Waals surface area contributed by atoms with Crippen molar-refractivity contribution in [3.05, 3.63) is 65.2 Å². The van der Waals surface area contributed by atoms with Gasteiger partial charge >= 0.3 is 0 Å². The van der Waals surface area contributed by atoms with E-state index in [-0.39, 0.29) is 6.04 Å². The smallest absolute Gasteiger partial charge is 0.0421 e. The van der Waals surface area contributed by atoms with Gasteiger partial charge in [-0.15, -0.1) is 11.8 Å². The zero-order valence-electron chi connectivity index (χ0n) is 13.3. The fraction of sp³-hybridized carbons (Fsp3) is 0.368. The molecular weight excluding hydrogens is 274 g/mol. The molecule has 0 aliphatic rings. The van der Waals surface area contributed by atoms with Crippen LogP contribution in [0.4, 0.5) is 0 Å². The first kappa shape index (κ1) is 16.1. The first-order chi connectivity index (χ1) is 9.99. The van der Waals surface area contributed by atoms with E-state index in [2.05, 4.69) is 70.2 Å². The molecule has 112 valence electrons. The number of benzene rings is 2. The van der Waals surface area contributed by atoms with E-state index in [1.165, 1.54) is 21.6 Å².